The van der Waals surface area contributed by atoms with E-state index in [-0.39, 0.29) is 11.7 Å². The van der Waals surface area contributed by atoms with Gasteiger partial charge in [-0.3, -0.25) is 9.89 Å². The lowest BCUT2D eigenvalue weighted by Gasteiger charge is -2.02. The Hall–Kier alpha value is -2.17. The number of anilines is 1. The van der Waals surface area contributed by atoms with Crippen LogP contribution >= 0.6 is 0 Å². The van der Waals surface area contributed by atoms with Gasteiger partial charge >= 0.3 is 0 Å². The molecule has 2 N–H and O–H groups in total. The van der Waals surface area contributed by atoms with Crippen molar-refractivity contribution < 1.29 is 9.18 Å². The standard InChI is InChI=1S/C13H14FN3O/c1-9-7-12(17-16-9)15-13(18)6-5-10-3-2-4-11(14)8-10/h2-4,7-8H,5-6H2,1H3,(H2,15,16,17,18). The number of H-pyrrole nitrogens is 1. The molecular formula is C13H14FN3O. The van der Waals surface area contributed by atoms with Crippen molar-refractivity contribution in [3.8, 4) is 0 Å². The van der Waals surface area contributed by atoms with E-state index in [9.17, 15) is 9.18 Å². The molecule has 0 aliphatic rings. The second kappa shape index (κ2) is 5.44. The Kier molecular flexibility index (Phi) is 3.72. The number of benzene rings is 1. The first-order valence-electron chi connectivity index (χ1n) is 5.70. The summed E-state index contributed by atoms with van der Waals surface area (Å²) in [7, 11) is 0. The summed E-state index contributed by atoms with van der Waals surface area (Å²) in [5, 5.41) is 9.32. The highest BCUT2D eigenvalue weighted by atomic mass is 19.1. The van der Waals surface area contributed by atoms with Gasteiger partial charge in [-0.15, -0.1) is 0 Å². The van der Waals surface area contributed by atoms with E-state index in [1.165, 1.54) is 12.1 Å². The van der Waals surface area contributed by atoms with Gasteiger partial charge < -0.3 is 5.32 Å². The molecule has 0 radical (unpaired) electrons. The highest BCUT2D eigenvalue weighted by Crippen LogP contribution is 2.08. The van der Waals surface area contributed by atoms with Gasteiger partial charge in [-0.25, -0.2) is 4.39 Å². The molecule has 5 heteroatoms. The first-order chi connectivity index (χ1) is 8.63. The molecule has 1 amide bonds. The van der Waals surface area contributed by atoms with Gasteiger partial charge in [0, 0.05) is 18.2 Å². The van der Waals surface area contributed by atoms with E-state index in [0.29, 0.717) is 18.7 Å². The molecule has 2 aromatic rings. The van der Waals surface area contributed by atoms with Crippen LogP contribution in [-0.4, -0.2) is 16.1 Å². The van der Waals surface area contributed by atoms with E-state index in [2.05, 4.69) is 15.5 Å². The lowest BCUT2D eigenvalue weighted by Crippen LogP contribution is -2.12. The van der Waals surface area contributed by atoms with Crippen molar-refractivity contribution in [2.45, 2.75) is 19.8 Å². The fraction of sp³-hybridized carbons (Fsp3) is 0.231. The number of hydrogen-bond donors (Lipinski definition) is 2. The molecule has 1 heterocycles. The number of aryl methyl sites for hydroxylation is 2. The molecule has 94 valence electrons. The quantitative estimate of drug-likeness (QED) is 0.871. The van der Waals surface area contributed by atoms with Gasteiger partial charge in [0.2, 0.25) is 5.91 Å². The Bertz CT molecular complexity index is 551. The lowest BCUT2D eigenvalue weighted by atomic mass is 10.1. The van der Waals surface area contributed by atoms with E-state index < -0.39 is 0 Å². The van der Waals surface area contributed by atoms with Gasteiger partial charge in [0.05, 0.1) is 0 Å². The number of carbonyl (C=O) groups excluding carboxylic acids is 1. The molecule has 4 nitrogen and oxygen atoms in total. The van der Waals surface area contributed by atoms with Gasteiger partial charge in [0.25, 0.3) is 0 Å². The Labute approximate surface area is 104 Å². The molecule has 0 aliphatic carbocycles. The molecule has 0 saturated carbocycles. The third kappa shape index (κ3) is 3.41. The molecular weight excluding hydrogens is 233 g/mol. The van der Waals surface area contributed by atoms with E-state index in [0.717, 1.165) is 11.3 Å². The number of nitrogens with zero attached hydrogens (tertiary/aromatic N) is 1. The molecule has 0 unspecified atom stereocenters. The van der Waals surface area contributed by atoms with Crippen molar-refractivity contribution >= 4 is 11.7 Å². The maximum Gasteiger partial charge on any atom is 0.225 e. The number of aromatic nitrogens is 2. The molecule has 0 spiro atoms. The van der Waals surface area contributed by atoms with Crippen molar-refractivity contribution in [3.63, 3.8) is 0 Å². The van der Waals surface area contributed by atoms with Crippen LogP contribution in [0.15, 0.2) is 30.3 Å². The third-order valence-electron chi connectivity index (χ3n) is 2.50. The summed E-state index contributed by atoms with van der Waals surface area (Å²) in [5.41, 5.74) is 1.69. The van der Waals surface area contributed by atoms with Crippen LogP contribution in [0.4, 0.5) is 10.2 Å². The Balaban J connectivity index is 1.85. The van der Waals surface area contributed by atoms with Crippen molar-refractivity contribution in [1.29, 1.82) is 0 Å². The van der Waals surface area contributed by atoms with E-state index in [1.807, 2.05) is 6.92 Å². The minimum atomic E-state index is -0.282. The predicted octanol–water partition coefficient (Wildman–Crippen LogP) is 2.43. The molecule has 0 saturated heterocycles. The van der Waals surface area contributed by atoms with Gasteiger partial charge in [0.15, 0.2) is 5.82 Å². The SMILES string of the molecule is Cc1cc(NC(=O)CCc2cccc(F)c2)n[nH]1. The van der Waals surface area contributed by atoms with E-state index >= 15 is 0 Å². The van der Waals surface area contributed by atoms with Crippen molar-refractivity contribution in [2.75, 3.05) is 5.32 Å². The van der Waals surface area contributed by atoms with Crippen molar-refractivity contribution in [3.05, 3.63) is 47.4 Å². The van der Waals surface area contributed by atoms with Crippen molar-refractivity contribution in [1.82, 2.24) is 10.2 Å². The molecule has 0 bridgehead atoms. The number of halogens is 1. The minimum Gasteiger partial charge on any atom is -0.309 e. The van der Waals surface area contributed by atoms with Gasteiger partial charge in [-0.1, -0.05) is 12.1 Å². The summed E-state index contributed by atoms with van der Waals surface area (Å²) in [6.45, 7) is 1.86. The van der Waals surface area contributed by atoms with E-state index in [1.54, 1.807) is 18.2 Å². The second-order valence-corrected chi connectivity index (χ2v) is 4.11. The Morgan fingerprint density at radius 2 is 2.28 bits per heavy atom. The highest BCUT2D eigenvalue weighted by Gasteiger charge is 2.05. The molecule has 1 aromatic carbocycles. The van der Waals surface area contributed by atoms with Gasteiger partial charge in [0.1, 0.15) is 5.82 Å². The number of carbonyl (C=O) groups is 1. The van der Waals surface area contributed by atoms with Crippen LogP contribution in [0.5, 0.6) is 0 Å². The normalized spacial score (nSPS) is 10.3. The minimum absolute atomic E-state index is 0.134. The zero-order valence-corrected chi connectivity index (χ0v) is 10.0. The second-order valence-electron chi connectivity index (χ2n) is 4.11. The molecule has 0 aliphatic heterocycles. The van der Waals surface area contributed by atoms with Crippen LogP contribution in [0.2, 0.25) is 0 Å². The highest BCUT2D eigenvalue weighted by molar-refractivity contribution is 5.89. The van der Waals surface area contributed by atoms with Crippen molar-refractivity contribution in [2.24, 2.45) is 0 Å². The summed E-state index contributed by atoms with van der Waals surface area (Å²) in [6.07, 6.45) is 0.808. The molecule has 2 rings (SSSR count). The zero-order valence-electron chi connectivity index (χ0n) is 10.0. The fourth-order valence-electron chi connectivity index (χ4n) is 1.64. The fourth-order valence-corrected chi connectivity index (χ4v) is 1.64. The zero-order chi connectivity index (χ0) is 13.0. The average Bonchev–Trinajstić information content (AvgIpc) is 2.72. The third-order valence-corrected chi connectivity index (χ3v) is 2.50. The topological polar surface area (TPSA) is 57.8 Å². The number of amides is 1. The average molecular weight is 247 g/mol. The number of nitrogens with one attached hydrogen (secondary N) is 2. The molecule has 1 aromatic heterocycles. The van der Waals surface area contributed by atoms with Gasteiger partial charge in [-0.2, -0.15) is 5.10 Å². The van der Waals surface area contributed by atoms with E-state index in [4.69, 9.17) is 0 Å². The predicted molar refractivity (Wildman–Crippen MR) is 66.7 cm³/mol. The number of rotatable bonds is 4. The molecule has 0 atom stereocenters. The smallest absolute Gasteiger partial charge is 0.225 e. The van der Waals surface area contributed by atoms with Crippen LogP contribution in [0.3, 0.4) is 0 Å². The van der Waals surface area contributed by atoms with Crippen LogP contribution < -0.4 is 5.32 Å². The maximum absolute atomic E-state index is 12.9. The number of hydrogen-bond acceptors (Lipinski definition) is 2. The monoisotopic (exact) mass is 247 g/mol. The first kappa shape index (κ1) is 12.3. The summed E-state index contributed by atoms with van der Waals surface area (Å²) in [6, 6.07) is 8.01. The van der Waals surface area contributed by atoms with Crippen LogP contribution in [0.25, 0.3) is 0 Å². The molecule has 0 fully saturated rings. The van der Waals surface area contributed by atoms with Crippen LogP contribution in [-0.2, 0) is 11.2 Å². The summed E-state index contributed by atoms with van der Waals surface area (Å²) < 4.78 is 12.9. The Morgan fingerprint density at radius 1 is 1.44 bits per heavy atom. The molecule has 18 heavy (non-hydrogen) atoms. The first-order valence-corrected chi connectivity index (χ1v) is 5.70. The summed E-state index contributed by atoms with van der Waals surface area (Å²) >= 11 is 0. The Morgan fingerprint density at radius 3 is 2.94 bits per heavy atom. The number of aromatic amines is 1. The lowest BCUT2D eigenvalue weighted by molar-refractivity contribution is -0.116. The van der Waals surface area contributed by atoms with Gasteiger partial charge in [-0.05, 0) is 31.0 Å². The van der Waals surface area contributed by atoms with Crippen LogP contribution in [0.1, 0.15) is 17.7 Å². The largest absolute Gasteiger partial charge is 0.309 e. The van der Waals surface area contributed by atoms with Crippen LogP contribution in [0, 0.1) is 12.7 Å². The summed E-state index contributed by atoms with van der Waals surface area (Å²) in [4.78, 5) is 11.6. The summed E-state index contributed by atoms with van der Waals surface area (Å²) in [5.74, 6) is 0.0957. The maximum atomic E-state index is 12.9.